The Labute approximate surface area is 131 Å². The average molecular weight is 288 g/mol. The predicted octanol–water partition coefficient (Wildman–Crippen LogP) is 4.19. The van der Waals surface area contributed by atoms with Crippen molar-refractivity contribution in [2.24, 2.45) is 17.8 Å². The predicted molar refractivity (Wildman–Crippen MR) is 88.6 cm³/mol. The molecule has 1 heteroatoms. The van der Waals surface area contributed by atoms with Crippen LogP contribution in [0, 0.1) is 17.8 Å². The van der Waals surface area contributed by atoms with E-state index in [1.54, 1.807) is 0 Å². The normalized spacial score (nSPS) is 32.3. The number of aldehydes is 1. The van der Waals surface area contributed by atoms with Crippen LogP contribution in [0.3, 0.4) is 0 Å². The van der Waals surface area contributed by atoms with Gasteiger partial charge in [0.15, 0.2) is 0 Å². The third-order valence-corrected chi connectivity index (χ3v) is 5.63. The molecule has 0 spiro atoms. The summed E-state index contributed by atoms with van der Waals surface area (Å²) in [6.07, 6.45) is 7.94. The minimum atomic E-state index is -0.351. The maximum atomic E-state index is 12.3. The quantitative estimate of drug-likeness (QED) is 0.609. The fraction of sp³-hybridized carbons (Fsp3) is 0.286. The molecule has 0 radical (unpaired) electrons. The molecule has 2 bridgehead atoms. The first kappa shape index (κ1) is 13.5. The Kier molecular flexibility index (Phi) is 3.22. The van der Waals surface area contributed by atoms with Crippen LogP contribution in [-0.4, -0.2) is 6.29 Å². The molecule has 0 saturated heterocycles. The molecule has 0 aromatic heterocycles. The van der Waals surface area contributed by atoms with Gasteiger partial charge in [-0.1, -0.05) is 72.8 Å². The summed E-state index contributed by atoms with van der Waals surface area (Å²) in [6.45, 7) is 0. The van der Waals surface area contributed by atoms with Gasteiger partial charge in [0.05, 0.1) is 5.41 Å². The second-order valence-electron chi connectivity index (χ2n) is 6.60. The van der Waals surface area contributed by atoms with Gasteiger partial charge < -0.3 is 4.79 Å². The molecule has 4 atom stereocenters. The number of allylic oxidation sites excluding steroid dienone is 2. The Bertz CT molecular complexity index is 688. The third kappa shape index (κ3) is 1.89. The van der Waals surface area contributed by atoms with Crippen LogP contribution in [0.2, 0.25) is 0 Å². The van der Waals surface area contributed by atoms with E-state index in [-0.39, 0.29) is 5.41 Å². The summed E-state index contributed by atoms with van der Waals surface area (Å²) in [6, 6.07) is 21.0. The molecule has 4 rings (SSSR count). The minimum Gasteiger partial charge on any atom is -0.302 e. The highest BCUT2D eigenvalue weighted by Crippen LogP contribution is 2.57. The van der Waals surface area contributed by atoms with Gasteiger partial charge in [-0.2, -0.15) is 0 Å². The molecule has 2 aliphatic rings. The molecule has 0 N–H and O–H groups in total. The van der Waals surface area contributed by atoms with Crippen molar-refractivity contribution < 1.29 is 4.79 Å². The van der Waals surface area contributed by atoms with Gasteiger partial charge in [0, 0.05) is 0 Å². The fourth-order valence-corrected chi connectivity index (χ4v) is 4.60. The van der Waals surface area contributed by atoms with E-state index in [0.717, 1.165) is 12.8 Å². The second kappa shape index (κ2) is 5.24. The summed E-state index contributed by atoms with van der Waals surface area (Å²) < 4.78 is 0. The maximum Gasteiger partial charge on any atom is 0.131 e. The van der Waals surface area contributed by atoms with E-state index >= 15 is 0 Å². The molecule has 0 unspecified atom stereocenters. The molecule has 2 aromatic carbocycles. The lowest BCUT2D eigenvalue weighted by molar-refractivity contribution is -0.115. The van der Waals surface area contributed by atoms with E-state index in [0.29, 0.717) is 17.8 Å². The van der Waals surface area contributed by atoms with Gasteiger partial charge in [-0.15, -0.1) is 0 Å². The molecule has 0 aliphatic heterocycles. The van der Waals surface area contributed by atoms with Gasteiger partial charge in [-0.25, -0.2) is 0 Å². The molecule has 110 valence electrons. The molecular formula is C21H20O. The van der Waals surface area contributed by atoms with Crippen LogP contribution in [-0.2, 0) is 16.6 Å². The molecule has 0 heterocycles. The number of benzene rings is 2. The number of carbonyl (C=O) groups is 1. The molecule has 1 nitrogen and oxygen atoms in total. The van der Waals surface area contributed by atoms with Crippen LogP contribution in [0.4, 0.5) is 0 Å². The summed E-state index contributed by atoms with van der Waals surface area (Å²) in [5.74, 6) is 1.24. The van der Waals surface area contributed by atoms with E-state index in [9.17, 15) is 4.79 Å². The fourth-order valence-electron chi connectivity index (χ4n) is 4.60. The topological polar surface area (TPSA) is 17.1 Å². The standard InChI is InChI=1S/C21H20O/c22-15-21(18-9-5-2-6-10-18)19-12-11-17(14-19)20(21)13-16-7-3-1-4-8-16/h1-12,15,17,19-20H,13-14H2/t17-,19+,20+,21-/m0/s1. The lowest BCUT2D eigenvalue weighted by Gasteiger charge is -2.38. The van der Waals surface area contributed by atoms with Crippen molar-refractivity contribution in [3.8, 4) is 0 Å². The highest BCUT2D eigenvalue weighted by molar-refractivity contribution is 5.72. The zero-order valence-corrected chi connectivity index (χ0v) is 12.6. The van der Waals surface area contributed by atoms with Crippen molar-refractivity contribution >= 4 is 6.29 Å². The molecule has 22 heavy (non-hydrogen) atoms. The van der Waals surface area contributed by atoms with Crippen LogP contribution in [0.25, 0.3) is 0 Å². The van der Waals surface area contributed by atoms with Crippen molar-refractivity contribution in [1.82, 2.24) is 0 Å². The van der Waals surface area contributed by atoms with E-state index in [4.69, 9.17) is 0 Å². The summed E-state index contributed by atoms with van der Waals surface area (Å²) in [5.41, 5.74) is 2.16. The van der Waals surface area contributed by atoms with Crippen molar-refractivity contribution in [2.75, 3.05) is 0 Å². The van der Waals surface area contributed by atoms with Crippen LogP contribution in [0.15, 0.2) is 72.8 Å². The van der Waals surface area contributed by atoms with E-state index in [1.807, 2.05) is 12.1 Å². The molecule has 2 aliphatic carbocycles. The maximum absolute atomic E-state index is 12.3. The Morgan fingerprint density at radius 2 is 1.64 bits per heavy atom. The number of rotatable bonds is 4. The molecule has 0 amide bonds. The minimum absolute atomic E-state index is 0.351. The highest BCUT2D eigenvalue weighted by atomic mass is 16.1. The van der Waals surface area contributed by atoms with Crippen LogP contribution in [0.1, 0.15) is 17.5 Å². The lowest BCUT2D eigenvalue weighted by Crippen LogP contribution is -2.41. The summed E-state index contributed by atoms with van der Waals surface area (Å²) in [7, 11) is 0. The molecule has 2 aromatic rings. The van der Waals surface area contributed by atoms with E-state index in [1.165, 1.54) is 17.4 Å². The zero-order chi connectivity index (χ0) is 15.0. The Hall–Kier alpha value is -2.15. The SMILES string of the molecule is O=C[C@]1(c2ccccc2)[C@@H]2C=C[C@@H](C2)[C@H]1Cc1ccccc1. The molecule has 1 fully saturated rings. The number of hydrogen-bond acceptors (Lipinski definition) is 1. The smallest absolute Gasteiger partial charge is 0.131 e. The lowest BCUT2D eigenvalue weighted by atomic mass is 9.63. The monoisotopic (exact) mass is 288 g/mol. The van der Waals surface area contributed by atoms with Gasteiger partial charge >= 0.3 is 0 Å². The van der Waals surface area contributed by atoms with Crippen molar-refractivity contribution in [3.63, 3.8) is 0 Å². The largest absolute Gasteiger partial charge is 0.302 e. The zero-order valence-electron chi connectivity index (χ0n) is 12.6. The van der Waals surface area contributed by atoms with Crippen molar-refractivity contribution in [2.45, 2.75) is 18.3 Å². The van der Waals surface area contributed by atoms with Gasteiger partial charge in [-0.3, -0.25) is 0 Å². The van der Waals surface area contributed by atoms with Crippen LogP contribution < -0.4 is 0 Å². The first-order chi connectivity index (χ1) is 10.8. The Morgan fingerprint density at radius 3 is 2.32 bits per heavy atom. The number of fused-ring (bicyclic) bond motifs is 2. The van der Waals surface area contributed by atoms with Crippen LogP contribution >= 0.6 is 0 Å². The molecular weight excluding hydrogens is 268 g/mol. The Balaban J connectivity index is 1.78. The van der Waals surface area contributed by atoms with Crippen molar-refractivity contribution in [3.05, 3.63) is 83.9 Å². The number of carbonyl (C=O) groups excluding carboxylic acids is 1. The van der Waals surface area contributed by atoms with Gasteiger partial charge in [0.2, 0.25) is 0 Å². The average Bonchev–Trinajstić information content (AvgIpc) is 3.17. The molecule has 1 saturated carbocycles. The first-order valence-electron chi connectivity index (χ1n) is 8.08. The summed E-state index contributed by atoms with van der Waals surface area (Å²) in [5, 5.41) is 0. The summed E-state index contributed by atoms with van der Waals surface area (Å²) >= 11 is 0. The highest BCUT2D eigenvalue weighted by Gasteiger charge is 2.56. The Morgan fingerprint density at radius 1 is 0.955 bits per heavy atom. The number of hydrogen-bond donors (Lipinski definition) is 0. The van der Waals surface area contributed by atoms with E-state index in [2.05, 4.69) is 60.7 Å². The second-order valence-corrected chi connectivity index (χ2v) is 6.60. The van der Waals surface area contributed by atoms with Gasteiger partial charge in [0.25, 0.3) is 0 Å². The van der Waals surface area contributed by atoms with Crippen LogP contribution in [0.5, 0.6) is 0 Å². The van der Waals surface area contributed by atoms with Crippen molar-refractivity contribution in [1.29, 1.82) is 0 Å². The third-order valence-electron chi connectivity index (χ3n) is 5.63. The van der Waals surface area contributed by atoms with Gasteiger partial charge in [0.1, 0.15) is 6.29 Å². The van der Waals surface area contributed by atoms with Gasteiger partial charge in [-0.05, 0) is 41.7 Å². The first-order valence-corrected chi connectivity index (χ1v) is 8.08. The van der Waals surface area contributed by atoms with E-state index < -0.39 is 0 Å². The summed E-state index contributed by atoms with van der Waals surface area (Å²) in [4.78, 5) is 12.3.